The van der Waals surface area contributed by atoms with Crippen molar-refractivity contribution in [2.45, 2.75) is 26.7 Å². The van der Waals surface area contributed by atoms with Crippen LogP contribution in [0.4, 0.5) is 11.4 Å². The van der Waals surface area contributed by atoms with E-state index in [9.17, 15) is 9.59 Å². The number of rotatable bonds is 5. The Morgan fingerprint density at radius 1 is 0.622 bits per heavy atom. The van der Waals surface area contributed by atoms with Crippen LogP contribution >= 0.6 is 0 Å². The SMILES string of the molecule is CC1C(=O)N(c2ccc(Cc3cc[c-]cc3)cc2)C(=O)C1C.Nc1ccc(Cc2cc[c-]cc2)cc1.[U+2]. The largest absolute Gasteiger partial charge is 2.00 e. The van der Waals surface area contributed by atoms with Crippen LogP contribution in [0.5, 0.6) is 0 Å². The summed E-state index contributed by atoms with van der Waals surface area (Å²) in [5.74, 6) is -0.701. The molecule has 2 unspecified atom stereocenters. The Balaban J connectivity index is 0.000000220. The van der Waals surface area contributed by atoms with Gasteiger partial charge in [-0.25, -0.2) is 0 Å². The van der Waals surface area contributed by atoms with E-state index in [-0.39, 0.29) is 54.8 Å². The number of nitrogens with two attached hydrogens (primary N) is 1. The van der Waals surface area contributed by atoms with Crippen LogP contribution in [0.1, 0.15) is 36.1 Å². The summed E-state index contributed by atoms with van der Waals surface area (Å²) >= 11 is 0. The Bertz CT molecular complexity index is 1270. The second kappa shape index (κ2) is 13.4. The zero-order valence-electron chi connectivity index (χ0n) is 21.1. The molecule has 2 amide bonds. The molecule has 2 N–H and O–H groups in total. The molecule has 1 fully saturated rings. The minimum absolute atomic E-state index is 0. The van der Waals surface area contributed by atoms with Crippen molar-refractivity contribution in [1.82, 2.24) is 0 Å². The molecule has 0 radical (unpaired) electrons. The molecule has 1 aliphatic heterocycles. The van der Waals surface area contributed by atoms with Gasteiger partial charge in [0, 0.05) is 17.5 Å². The van der Waals surface area contributed by atoms with Gasteiger partial charge in [-0.15, -0.1) is 0 Å². The van der Waals surface area contributed by atoms with Crippen molar-refractivity contribution in [3.8, 4) is 0 Å². The number of nitrogens with zero attached hydrogens (tertiary/aromatic N) is 1. The average molecular weight is 713 g/mol. The number of carbonyl (C=O) groups excluding carboxylic acids is 2. The molecule has 1 saturated heterocycles. The minimum Gasteiger partial charge on any atom is -0.399 e. The third-order valence-electron chi connectivity index (χ3n) is 6.54. The Labute approximate surface area is 243 Å². The van der Waals surface area contributed by atoms with Crippen LogP contribution < -0.4 is 10.6 Å². The quantitative estimate of drug-likeness (QED) is 0.160. The summed E-state index contributed by atoms with van der Waals surface area (Å²) in [7, 11) is 0. The van der Waals surface area contributed by atoms with Crippen LogP contribution in [0, 0.1) is 55.1 Å². The summed E-state index contributed by atoms with van der Waals surface area (Å²) in [4.78, 5) is 25.7. The molecule has 0 spiro atoms. The standard InChI is InChI=1S/C19H18NO2.C13H12N.U/c1-13-14(2)19(22)20(18(13)21)17-10-8-16(9-11-17)12-15-6-4-3-5-7-15;14-13-8-6-12(7-9-13)10-11-4-2-1-3-5-11;/h4-11,13-14H,12H2,1-2H3;2-9H,10,14H2;/q2*-1;+2. The minimum atomic E-state index is -0.243. The van der Waals surface area contributed by atoms with E-state index in [1.165, 1.54) is 21.6 Å². The molecule has 5 heteroatoms. The summed E-state index contributed by atoms with van der Waals surface area (Å²) in [6.07, 6.45) is 1.78. The number of hydrogen-bond acceptors (Lipinski definition) is 3. The molecule has 5 rings (SSSR count). The van der Waals surface area contributed by atoms with E-state index in [1.54, 1.807) is 0 Å². The molecule has 1 heterocycles. The van der Waals surface area contributed by atoms with Crippen LogP contribution in [0.25, 0.3) is 0 Å². The topological polar surface area (TPSA) is 63.4 Å². The smallest absolute Gasteiger partial charge is 0.399 e. The molecule has 0 aliphatic carbocycles. The van der Waals surface area contributed by atoms with Gasteiger partial charge in [-0.05, 0) is 48.2 Å². The third kappa shape index (κ3) is 7.44. The van der Waals surface area contributed by atoms with Crippen LogP contribution in [0.3, 0.4) is 0 Å². The number of imide groups is 1. The molecule has 37 heavy (non-hydrogen) atoms. The summed E-state index contributed by atoms with van der Waals surface area (Å²) in [6.45, 7) is 3.62. The Morgan fingerprint density at radius 3 is 1.38 bits per heavy atom. The van der Waals surface area contributed by atoms with E-state index in [0.717, 1.165) is 24.1 Å². The average Bonchev–Trinajstić information content (AvgIpc) is 3.10. The maximum absolute atomic E-state index is 12.2. The van der Waals surface area contributed by atoms with Crippen LogP contribution in [-0.2, 0) is 22.4 Å². The summed E-state index contributed by atoms with van der Waals surface area (Å²) in [6, 6.07) is 37.5. The van der Waals surface area contributed by atoms with Gasteiger partial charge in [0.25, 0.3) is 0 Å². The van der Waals surface area contributed by atoms with Gasteiger partial charge in [-0.2, -0.15) is 71.8 Å². The van der Waals surface area contributed by atoms with Gasteiger partial charge in [0.2, 0.25) is 11.8 Å². The second-order valence-electron chi connectivity index (χ2n) is 9.17. The summed E-state index contributed by atoms with van der Waals surface area (Å²) in [5.41, 5.74) is 12.0. The van der Waals surface area contributed by atoms with Gasteiger partial charge < -0.3 is 5.73 Å². The third-order valence-corrected chi connectivity index (χ3v) is 6.54. The first kappa shape index (κ1) is 28.4. The van der Waals surface area contributed by atoms with E-state index in [0.29, 0.717) is 5.69 Å². The van der Waals surface area contributed by atoms with E-state index in [4.69, 9.17) is 5.73 Å². The zero-order chi connectivity index (χ0) is 25.5. The number of nitrogen functional groups attached to an aromatic ring is 1. The molecule has 4 aromatic rings. The monoisotopic (exact) mass is 712 g/mol. The van der Waals surface area contributed by atoms with Crippen molar-refractivity contribution in [2.75, 3.05) is 10.6 Å². The first-order valence-corrected chi connectivity index (χ1v) is 12.1. The van der Waals surface area contributed by atoms with Crippen molar-refractivity contribution in [3.05, 3.63) is 131 Å². The van der Waals surface area contributed by atoms with Crippen LogP contribution in [-0.4, -0.2) is 11.8 Å². The van der Waals surface area contributed by atoms with E-state index in [1.807, 2.05) is 86.6 Å². The van der Waals surface area contributed by atoms with Crippen molar-refractivity contribution in [3.63, 3.8) is 0 Å². The van der Waals surface area contributed by atoms with Crippen molar-refractivity contribution < 1.29 is 40.7 Å². The molecule has 184 valence electrons. The molecule has 1 aliphatic rings. The molecular weight excluding hydrogens is 682 g/mol. The maximum atomic E-state index is 12.2. The fourth-order valence-corrected chi connectivity index (χ4v) is 4.15. The van der Waals surface area contributed by atoms with Crippen molar-refractivity contribution in [2.24, 2.45) is 11.8 Å². The van der Waals surface area contributed by atoms with Crippen LogP contribution in [0.2, 0.25) is 0 Å². The predicted molar refractivity (Wildman–Crippen MR) is 144 cm³/mol. The van der Waals surface area contributed by atoms with E-state index in [2.05, 4.69) is 36.4 Å². The number of carbonyl (C=O) groups is 2. The molecule has 4 aromatic carbocycles. The second-order valence-corrected chi connectivity index (χ2v) is 9.17. The number of hydrogen-bond donors (Lipinski definition) is 1. The van der Waals surface area contributed by atoms with Gasteiger partial charge in [0.1, 0.15) is 0 Å². The Hall–Kier alpha value is -3.13. The molecule has 0 saturated carbocycles. The fraction of sp³-hybridized carbons (Fsp3) is 0.188. The van der Waals surface area contributed by atoms with Gasteiger partial charge in [0.05, 0.1) is 5.69 Å². The predicted octanol–water partition coefficient (Wildman–Crippen LogP) is 5.88. The number of anilines is 2. The number of benzene rings is 4. The molecule has 0 aromatic heterocycles. The zero-order valence-corrected chi connectivity index (χ0v) is 25.3. The molecular formula is C32H30N2O2U. The first-order chi connectivity index (χ1) is 17.4. The normalized spacial score (nSPS) is 16.5. The van der Waals surface area contributed by atoms with Gasteiger partial charge in [-0.1, -0.05) is 38.1 Å². The number of amides is 2. The Morgan fingerprint density at radius 2 is 0.973 bits per heavy atom. The Kier molecular flexibility index (Phi) is 10.3. The maximum Gasteiger partial charge on any atom is 2.00 e. The van der Waals surface area contributed by atoms with Crippen LogP contribution in [0.15, 0.2) is 97.1 Å². The van der Waals surface area contributed by atoms with E-state index >= 15 is 0 Å². The van der Waals surface area contributed by atoms with Crippen molar-refractivity contribution >= 4 is 23.2 Å². The van der Waals surface area contributed by atoms with Gasteiger partial charge >= 0.3 is 31.1 Å². The first-order valence-electron chi connectivity index (χ1n) is 12.1. The van der Waals surface area contributed by atoms with Gasteiger partial charge in [-0.3, -0.25) is 14.5 Å². The van der Waals surface area contributed by atoms with E-state index < -0.39 is 0 Å². The summed E-state index contributed by atoms with van der Waals surface area (Å²) in [5, 5.41) is 0. The van der Waals surface area contributed by atoms with Gasteiger partial charge in [0.15, 0.2) is 0 Å². The molecule has 4 nitrogen and oxygen atoms in total. The fourth-order valence-electron chi connectivity index (χ4n) is 4.15. The molecule has 0 bridgehead atoms. The van der Waals surface area contributed by atoms with Crippen molar-refractivity contribution in [1.29, 1.82) is 0 Å². The molecule has 2 atom stereocenters. The summed E-state index contributed by atoms with van der Waals surface area (Å²) < 4.78 is 0.